The lowest BCUT2D eigenvalue weighted by Crippen LogP contribution is -2.49. The van der Waals surface area contributed by atoms with Gasteiger partial charge in [0.15, 0.2) is 0 Å². The average Bonchev–Trinajstić information content (AvgIpc) is 3.04. The molecule has 3 aromatic carbocycles. The highest BCUT2D eigenvalue weighted by Crippen LogP contribution is 2.30. The Morgan fingerprint density at radius 2 is 1.70 bits per heavy atom. The molecule has 0 atom stereocenters. The van der Waals surface area contributed by atoms with Gasteiger partial charge in [-0.2, -0.15) is 0 Å². The van der Waals surface area contributed by atoms with Gasteiger partial charge in [-0.25, -0.2) is 9.78 Å². The summed E-state index contributed by atoms with van der Waals surface area (Å²) < 4.78 is 10.7. The fourth-order valence-corrected chi connectivity index (χ4v) is 6.07. The molecule has 11 heteroatoms. The molecule has 11 nitrogen and oxygen atoms in total. The molecule has 6 rings (SSSR count). The average molecular weight is 597 g/mol. The molecule has 0 saturated carbocycles. The van der Waals surface area contributed by atoms with E-state index in [-0.39, 0.29) is 17.5 Å². The molecule has 2 aliphatic rings. The van der Waals surface area contributed by atoms with Crippen molar-refractivity contribution in [3.05, 3.63) is 76.6 Å². The predicted octanol–water partition coefficient (Wildman–Crippen LogP) is 4.15. The summed E-state index contributed by atoms with van der Waals surface area (Å²) in [4.78, 5) is 50.7. The van der Waals surface area contributed by atoms with Gasteiger partial charge in [-0.05, 0) is 61.9 Å². The van der Waals surface area contributed by atoms with Gasteiger partial charge in [0.2, 0.25) is 5.91 Å². The van der Waals surface area contributed by atoms with Gasteiger partial charge >= 0.3 is 6.03 Å². The van der Waals surface area contributed by atoms with E-state index >= 15 is 0 Å². The number of aromatic nitrogens is 2. The lowest BCUT2D eigenvalue weighted by molar-refractivity contribution is -0.120. The number of benzene rings is 3. The number of methoxy groups -OCH3 is 2. The Morgan fingerprint density at radius 3 is 2.41 bits per heavy atom. The van der Waals surface area contributed by atoms with E-state index in [1.165, 1.54) is 7.11 Å². The van der Waals surface area contributed by atoms with Crippen molar-refractivity contribution in [2.45, 2.75) is 31.8 Å². The molecule has 3 heterocycles. The van der Waals surface area contributed by atoms with E-state index in [9.17, 15) is 14.4 Å². The molecule has 0 unspecified atom stereocenters. The van der Waals surface area contributed by atoms with Crippen LogP contribution in [0.4, 0.5) is 16.2 Å². The number of hydrogen-bond acceptors (Lipinski definition) is 8. The van der Waals surface area contributed by atoms with Crippen molar-refractivity contribution < 1.29 is 19.1 Å². The molecule has 2 saturated heterocycles. The maximum Gasteiger partial charge on any atom is 0.328 e. The summed E-state index contributed by atoms with van der Waals surface area (Å²) in [6, 6.07) is 19.6. The minimum absolute atomic E-state index is 0.231. The van der Waals surface area contributed by atoms with Crippen molar-refractivity contribution in [2.24, 2.45) is 0 Å². The third-order valence-electron chi connectivity index (χ3n) is 8.50. The van der Waals surface area contributed by atoms with Crippen molar-refractivity contribution in [1.29, 1.82) is 0 Å². The summed E-state index contributed by atoms with van der Waals surface area (Å²) in [5.41, 5.74) is 4.13. The van der Waals surface area contributed by atoms with Gasteiger partial charge in [0.25, 0.3) is 5.56 Å². The normalized spacial score (nSPS) is 16.0. The number of rotatable bonds is 8. The summed E-state index contributed by atoms with van der Waals surface area (Å²) >= 11 is 0. The van der Waals surface area contributed by atoms with Crippen LogP contribution in [0, 0.1) is 0 Å². The SMILES string of the molecule is COc1cc(OC)c2c(=O)[nH]c(-c3ccc(N4CCC(N(C)Cc5cccc(N6CCC(=O)NC6=O)c5)CC4)cc3)nc2c1. The van der Waals surface area contributed by atoms with Crippen molar-refractivity contribution in [1.82, 2.24) is 20.2 Å². The van der Waals surface area contributed by atoms with E-state index in [1.807, 2.05) is 30.3 Å². The number of hydrogen-bond donors (Lipinski definition) is 2. The lowest BCUT2D eigenvalue weighted by Gasteiger charge is -2.38. The Hall–Kier alpha value is -4.90. The van der Waals surface area contributed by atoms with Crippen LogP contribution in [0.2, 0.25) is 0 Å². The molecular formula is C33H36N6O5. The second kappa shape index (κ2) is 12.4. The first-order chi connectivity index (χ1) is 21.3. The van der Waals surface area contributed by atoms with Gasteiger partial charge in [0.05, 0.1) is 19.7 Å². The zero-order chi connectivity index (χ0) is 30.8. The van der Waals surface area contributed by atoms with Gasteiger partial charge in [-0.1, -0.05) is 12.1 Å². The number of fused-ring (bicyclic) bond motifs is 1. The number of H-pyrrole nitrogens is 1. The van der Waals surface area contributed by atoms with E-state index < -0.39 is 0 Å². The minimum atomic E-state index is -0.365. The summed E-state index contributed by atoms with van der Waals surface area (Å²) in [7, 11) is 5.23. The van der Waals surface area contributed by atoms with Gasteiger partial charge in [-0.3, -0.25) is 24.7 Å². The number of carbonyl (C=O) groups is 2. The topological polar surface area (TPSA) is 120 Å². The third kappa shape index (κ3) is 5.96. The molecule has 0 bridgehead atoms. The lowest BCUT2D eigenvalue weighted by atomic mass is 10.0. The zero-order valence-corrected chi connectivity index (χ0v) is 25.1. The van der Waals surface area contributed by atoms with E-state index in [1.54, 1.807) is 24.1 Å². The molecule has 3 amide bonds. The Bertz CT molecular complexity index is 1750. The van der Waals surface area contributed by atoms with E-state index in [2.05, 4.69) is 45.3 Å². The predicted molar refractivity (Wildman–Crippen MR) is 170 cm³/mol. The highest BCUT2D eigenvalue weighted by Gasteiger charge is 2.26. The molecule has 4 aromatic rings. The summed E-state index contributed by atoms with van der Waals surface area (Å²) in [5.74, 6) is 1.25. The Labute approximate surface area is 255 Å². The molecule has 2 aliphatic heterocycles. The molecule has 2 fully saturated rings. The number of imide groups is 1. The number of anilines is 2. The number of urea groups is 1. The molecule has 0 spiro atoms. The molecule has 44 heavy (non-hydrogen) atoms. The van der Waals surface area contributed by atoms with Crippen LogP contribution < -0.4 is 30.1 Å². The molecule has 0 aliphatic carbocycles. The van der Waals surface area contributed by atoms with Gasteiger partial charge in [-0.15, -0.1) is 0 Å². The first kappa shape index (κ1) is 29.2. The third-order valence-corrected chi connectivity index (χ3v) is 8.50. The van der Waals surface area contributed by atoms with Crippen LogP contribution in [0.1, 0.15) is 24.8 Å². The Kier molecular flexibility index (Phi) is 8.21. The Morgan fingerprint density at radius 1 is 0.932 bits per heavy atom. The fraction of sp³-hybridized carbons (Fsp3) is 0.333. The zero-order valence-electron chi connectivity index (χ0n) is 25.1. The number of aromatic amines is 1. The van der Waals surface area contributed by atoms with Crippen LogP contribution in [-0.2, 0) is 11.3 Å². The standard InChI is InChI=1S/C33H36N6O5/c1-37(20-21-5-4-6-25(17-21)39-16-13-29(40)35-33(39)42)23-11-14-38(15-12-23)24-9-7-22(8-10-24)31-34-27-18-26(43-2)19-28(44-3)30(27)32(41)36-31/h4-10,17-19,23H,11-16,20H2,1-3H3,(H,34,36,41)(H,35,40,42). The molecule has 228 valence electrons. The van der Waals surface area contributed by atoms with Crippen LogP contribution >= 0.6 is 0 Å². The highest BCUT2D eigenvalue weighted by atomic mass is 16.5. The minimum Gasteiger partial charge on any atom is -0.497 e. The number of carbonyl (C=O) groups excluding carboxylic acids is 2. The first-order valence-electron chi connectivity index (χ1n) is 14.7. The van der Waals surface area contributed by atoms with Crippen molar-refractivity contribution in [3.8, 4) is 22.9 Å². The monoisotopic (exact) mass is 596 g/mol. The van der Waals surface area contributed by atoms with E-state index in [4.69, 9.17) is 14.5 Å². The second-order valence-electron chi connectivity index (χ2n) is 11.2. The number of nitrogens with zero attached hydrogens (tertiary/aromatic N) is 4. The molecule has 2 N–H and O–H groups in total. The van der Waals surface area contributed by atoms with E-state index in [0.29, 0.717) is 47.2 Å². The summed E-state index contributed by atoms with van der Waals surface area (Å²) in [5, 5.41) is 2.78. The van der Waals surface area contributed by atoms with Crippen molar-refractivity contribution in [2.75, 3.05) is 50.7 Å². The van der Waals surface area contributed by atoms with Crippen LogP contribution in [0.15, 0.2) is 65.5 Å². The molecular weight excluding hydrogens is 560 g/mol. The second-order valence-corrected chi connectivity index (χ2v) is 11.2. The number of nitrogens with one attached hydrogen (secondary N) is 2. The van der Waals surface area contributed by atoms with Crippen LogP contribution in [0.3, 0.4) is 0 Å². The summed E-state index contributed by atoms with van der Waals surface area (Å²) in [6.45, 7) is 3.03. The number of piperidine rings is 1. The van der Waals surface area contributed by atoms with Crippen LogP contribution in [0.5, 0.6) is 11.5 Å². The largest absolute Gasteiger partial charge is 0.497 e. The smallest absolute Gasteiger partial charge is 0.328 e. The fourth-order valence-electron chi connectivity index (χ4n) is 6.07. The van der Waals surface area contributed by atoms with Gasteiger partial charge in [0.1, 0.15) is 22.7 Å². The number of ether oxygens (including phenoxy) is 2. The molecule has 1 aromatic heterocycles. The maximum atomic E-state index is 12.9. The quantitative estimate of drug-likeness (QED) is 0.311. The van der Waals surface area contributed by atoms with Gasteiger partial charge < -0.3 is 19.4 Å². The van der Waals surface area contributed by atoms with Crippen LogP contribution in [-0.4, -0.2) is 73.7 Å². The first-order valence-corrected chi connectivity index (χ1v) is 14.7. The number of amides is 3. The van der Waals surface area contributed by atoms with Crippen LogP contribution in [0.25, 0.3) is 22.3 Å². The van der Waals surface area contributed by atoms with E-state index in [0.717, 1.165) is 55.0 Å². The van der Waals surface area contributed by atoms with Gasteiger partial charge in [0, 0.05) is 67.7 Å². The highest BCUT2D eigenvalue weighted by molar-refractivity contribution is 6.05. The summed E-state index contributed by atoms with van der Waals surface area (Å²) in [6.07, 6.45) is 2.36. The van der Waals surface area contributed by atoms with Crippen molar-refractivity contribution >= 4 is 34.2 Å². The molecule has 0 radical (unpaired) electrons. The maximum absolute atomic E-state index is 12.9. The Balaban J connectivity index is 1.08. The van der Waals surface area contributed by atoms with Crippen molar-refractivity contribution in [3.63, 3.8) is 0 Å².